The van der Waals surface area contributed by atoms with Crippen molar-refractivity contribution < 1.29 is 27.9 Å². The van der Waals surface area contributed by atoms with Gasteiger partial charge in [-0.2, -0.15) is 13.2 Å². The molecule has 0 aromatic heterocycles. The van der Waals surface area contributed by atoms with Gasteiger partial charge in [-0.1, -0.05) is 24.3 Å². The van der Waals surface area contributed by atoms with E-state index >= 15 is 0 Å². The predicted octanol–water partition coefficient (Wildman–Crippen LogP) is 3.15. The van der Waals surface area contributed by atoms with Crippen molar-refractivity contribution in [1.82, 2.24) is 10.6 Å². The largest absolute Gasteiger partial charge is 0.481 e. The van der Waals surface area contributed by atoms with Crippen molar-refractivity contribution in [1.29, 1.82) is 0 Å². The van der Waals surface area contributed by atoms with Gasteiger partial charge in [-0.05, 0) is 35.4 Å². The van der Waals surface area contributed by atoms with E-state index in [9.17, 15) is 18.0 Å². The molecule has 2 aromatic rings. The lowest BCUT2D eigenvalue weighted by Crippen LogP contribution is -2.43. The maximum atomic E-state index is 12.2. The van der Waals surface area contributed by atoms with E-state index in [0.29, 0.717) is 0 Å². The van der Waals surface area contributed by atoms with Crippen LogP contribution >= 0.6 is 0 Å². The van der Waals surface area contributed by atoms with E-state index < -0.39 is 24.6 Å². The number of halogens is 3. The number of hydrogen-bond acceptors (Lipinski definition) is 4. The highest BCUT2D eigenvalue weighted by molar-refractivity contribution is 5.94. The van der Waals surface area contributed by atoms with Crippen LogP contribution in [0.5, 0.6) is 0 Å². The number of nitrogens with zero attached hydrogens (tertiary/aromatic N) is 1. The van der Waals surface area contributed by atoms with Crippen molar-refractivity contribution in [2.75, 3.05) is 37.6 Å². The van der Waals surface area contributed by atoms with Gasteiger partial charge in [0.1, 0.15) is 6.54 Å². The molecule has 9 heteroatoms. The van der Waals surface area contributed by atoms with Crippen LogP contribution in [0, 0.1) is 0 Å². The molecule has 3 rings (SSSR count). The molecule has 1 amide bonds. The second-order valence-electron chi connectivity index (χ2n) is 6.68. The first-order valence-corrected chi connectivity index (χ1v) is 9.36. The lowest BCUT2D eigenvalue weighted by Gasteiger charge is -2.29. The normalized spacial score (nSPS) is 13.8. The molecule has 6 nitrogen and oxygen atoms in total. The summed E-state index contributed by atoms with van der Waals surface area (Å²) in [6.45, 7) is 3.54. The highest BCUT2D eigenvalue weighted by Gasteiger charge is 2.27. The fourth-order valence-corrected chi connectivity index (χ4v) is 2.90. The number of carbonyl (C=O) groups excluding carboxylic acids is 1. The highest BCUT2D eigenvalue weighted by Crippen LogP contribution is 2.25. The Kier molecular flexibility index (Phi) is 8.23. The minimum atomic E-state index is -4.42. The van der Waals surface area contributed by atoms with Crippen LogP contribution in [-0.4, -0.2) is 55.9 Å². The van der Waals surface area contributed by atoms with E-state index in [2.05, 4.69) is 22.3 Å². The van der Waals surface area contributed by atoms with Crippen molar-refractivity contribution in [2.45, 2.75) is 13.1 Å². The molecule has 30 heavy (non-hydrogen) atoms. The van der Waals surface area contributed by atoms with Gasteiger partial charge in [0.25, 0.3) is 11.9 Å². The Balaban J connectivity index is 0.000000735. The number of anilines is 1. The van der Waals surface area contributed by atoms with Gasteiger partial charge < -0.3 is 20.6 Å². The molecule has 1 aliphatic heterocycles. The Bertz CT molecular complexity index is 845. The van der Waals surface area contributed by atoms with Gasteiger partial charge in [-0.3, -0.25) is 9.59 Å². The number of rotatable bonds is 4. The molecule has 0 bridgehead atoms. The van der Waals surface area contributed by atoms with E-state index in [1.54, 1.807) is 24.3 Å². The molecule has 1 aliphatic rings. The molecule has 162 valence electrons. The topological polar surface area (TPSA) is 81.7 Å². The van der Waals surface area contributed by atoms with E-state index in [-0.39, 0.29) is 5.56 Å². The van der Waals surface area contributed by atoms with Crippen LogP contribution in [0.3, 0.4) is 0 Å². The summed E-state index contributed by atoms with van der Waals surface area (Å²) in [6.07, 6.45) is -4.42. The first-order chi connectivity index (χ1) is 14.2. The van der Waals surface area contributed by atoms with Gasteiger partial charge in [-0.15, -0.1) is 0 Å². The predicted molar refractivity (Wildman–Crippen MR) is 109 cm³/mol. The zero-order valence-corrected chi connectivity index (χ0v) is 16.5. The Morgan fingerprint density at radius 1 is 1.07 bits per heavy atom. The smallest absolute Gasteiger partial charge is 0.405 e. The number of carboxylic acid groups (broad SMARTS) is 1. The first kappa shape index (κ1) is 23.2. The third-order valence-corrected chi connectivity index (χ3v) is 4.26. The molecule has 0 radical (unpaired) electrons. The molecule has 2 aromatic carbocycles. The number of amides is 1. The van der Waals surface area contributed by atoms with E-state index in [4.69, 9.17) is 9.90 Å². The summed E-state index contributed by atoms with van der Waals surface area (Å²) in [7, 11) is 0. The Morgan fingerprint density at radius 2 is 1.67 bits per heavy atom. The molecule has 1 saturated heterocycles. The quantitative estimate of drug-likeness (QED) is 0.704. The molecule has 1 heterocycles. The monoisotopic (exact) mass is 423 g/mol. The van der Waals surface area contributed by atoms with Crippen molar-refractivity contribution in [3.63, 3.8) is 0 Å². The summed E-state index contributed by atoms with van der Waals surface area (Å²) >= 11 is 0. The Labute approximate surface area is 172 Å². The van der Waals surface area contributed by atoms with Crippen molar-refractivity contribution in [3.05, 3.63) is 54.1 Å². The van der Waals surface area contributed by atoms with Crippen LogP contribution < -0.4 is 15.5 Å². The lowest BCUT2D eigenvalue weighted by atomic mass is 10.0. The van der Waals surface area contributed by atoms with Crippen LogP contribution in [0.1, 0.15) is 17.3 Å². The SMILES string of the molecule is CC(=O)O.O=C(NCC(F)(F)F)c1ccc(-c2cccc(N3CCNCC3)c2)cc1. The number of alkyl halides is 3. The van der Waals surface area contributed by atoms with Gasteiger partial charge >= 0.3 is 6.18 Å². The average Bonchev–Trinajstić information content (AvgIpc) is 2.72. The second kappa shape index (κ2) is 10.6. The van der Waals surface area contributed by atoms with Crippen LogP contribution in [0.2, 0.25) is 0 Å². The van der Waals surface area contributed by atoms with Crippen molar-refractivity contribution in [3.8, 4) is 11.1 Å². The molecule has 0 aliphatic carbocycles. The van der Waals surface area contributed by atoms with Gasteiger partial charge in [0.15, 0.2) is 0 Å². The number of carboxylic acids is 1. The van der Waals surface area contributed by atoms with Crippen LogP contribution in [0.15, 0.2) is 48.5 Å². The zero-order valence-electron chi connectivity index (χ0n) is 16.5. The van der Waals surface area contributed by atoms with E-state index in [0.717, 1.165) is 49.9 Å². The average molecular weight is 423 g/mol. The third kappa shape index (κ3) is 7.75. The first-order valence-electron chi connectivity index (χ1n) is 9.36. The molecular weight excluding hydrogens is 399 g/mol. The van der Waals surface area contributed by atoms with Crippen molar-refractivity contribution >= 4 is 17.6 Å². The number of aliphatic carboxylic acids is 1. The van der Waals surface area contributed by atoms with Crippen LogP contribution in [0.25, 0.3) is 11.1 Å². The number of benzene rings is 2. The molecule has 0 unspecified atom stereocenters. The third-order valence-electron chi connectivity index (χ3n) is 4.26. The van der Waals surface area contributed by atoms with Gasteiger partial charge in [-0.25, -0.2) is 0 Å². The molecule has 0 saturated carbocycles. The standard InChI is InChI=1S/C19H20F3N3O.C2H4O2/c20-19(21,22)13-24-18(26)15-6-4-14(5-7-15)16-2-1-3-17(12-16)25-10-8-23-9-11-25;1-2(3)4/h1-7,12,23H,8-11,13H2,(H,24,26);1H3,(H,3,4). The summed E-state index contributed by atoms with van der Waals surface area (Å²) in [5.74, 6) is -1.57. The number of nitrogens with one attached hydrogen (secondary N) is 2. The van der Waals surface area contributed by atoms with Gasteiger partial charge in [0.2, 0.25) is 0 Å². The van der Waals surface area contributed by atoms with Crippen LogP contribution in [0.4, 0.5) is 18.9 Å². The fraction of sp³-hybridized carbons (Fsp3) is 0.333. The summed E-state index contributed by atoms with van der Waals surface area (Å²) in [5.41, 5.74) is 3.25. The lowest BCUT2D eigenvalue weighted by molar-refractivity contribution is -0.134. The van der Waals surface area contributed by atoms with E-state index in [1.165, 1.54) is 0 Å². The van der Waals surface area contributed by atoms with Gasteiger partial charge in [0, 0.05) is 44.4 Å². The molecule has 1 fully saturated rings. The summed E-state index contributed by atoms with van der Waals surface area (Å²) in [6, 6.07) is 14.7. The number of piperazine rings is 1. The summed E-state index contributed by atoms with van der Waals surface area (Å²) in [5, 5.41) is 12.6. The van der Waals surface area contributed by atoms with Gasteiger partial charge in [0.05, 0.1) is 0 Å². The van der Waals surface area contributed by atoms with Crippen LogP contribution in [-0.2, 0) is 4.79 Å². The zero-order chi connectivity index (χ0) is 22.1. The molecule has 0 atom stereocenters. The minimum absolute atomic E-state index is 0.205. The number of hydrogen-bond donors (Lipinski definition) is 3. The fourth-order valence-electron chi connectivity index (χ4n) is 2.90. The maximum absolute atomic E-state index is 12.2. The summed E-state index contributed by atoms with van der Waals surface area (Å²) in [4.78, 5) is 23.1. The maximum Gasteiger partial charge on any atom is 0.405 e. The molecule has 0 spiro atoms. The second-order valence-corrected chi connectivity index (χ2v) is 6.68. The Morgan fingerprint density at radius 3 is 2.23 bits per heavy atom. The Hall–Kier alpha value is -3.07. The van der Waals surface area contributed by atoms with Crippen molar-refractivity contribution in [2.24, 2.45) is 0 Å². The summed E-state index contributed by atoms with van der Waals surface area (Å²) < 4.78 is 36.6. The molecule has 3 N–H and O–H groups in total. The minimum Gasteiger partial charge on any atom is -0.481 e. The highest BCUT2D eigenvalue weighted by atomic mass is 19.4. The number of carbonyl (C=O) groups is 2. The molecular formula is C21H24F3N3O3. The van der Waals surface area contributed by atoms with E-state index in [1.807, 2.05) is 17.4 Å².